The molecule has 0 radical (unpaired) electrons. The lowest BCUT2D eigenvalue weighted by molar-refractivity contribution is 0.0936. The van der Waals surface area contributed by atoms with Gasteiger partial charge in [-0.25, -0.2) is 4.98 Å². The number of nitriles is 1. The zero-order valence-corrected chi connectivity index (χ0v) is 10.1. The van der Waals surface area contributed by atoms with Gasteiger partial charge in [-0.1, -0.05) is 6.92 Å². The van der Waals surface area contributed by atoms with Gasteiger partial charge < -0.3 is 9.72 Å². The van der Waals surface area contributed by atoms with Crippen molar-refractivity contribution < 1.29 is 4.79 Å². The van der Waals surface area contributed by atoms with Crippen molar-refractivity contribution in [2.24, 2.45) is 0 Å². The maximum Gasteiger partial charge on any atom is 0.251 e. The molecular weight excluding hydrogens is 228 g/mol. The van der Waals surface area contributed by atoms with Gasteiger partial charge in [0.15, 0.2) is 0 Å². The number of nitrogens with one attached hydrogen (secondary N) is 1. The zero-order valence-electron chi connectivity index (χ0n) is 10.1. The van der Waals surface area contributed by atoms with Crippen LogP contribution in [0.1, 0.15) is 30.1 Å². The number of hydrogen-bond donors (Lipinski definition) is 1. The van der Waals surface area contributed by atoms with Crippen molar-refractivity contribution in [3.8, 4) is 6.07 Å². The minimum Gasteiger partial charge on any atom is -0.348 e. The maximum absolute atomic E-state index is 12.0. The Bertz CT molecular complexity index is 596. The highest BCUT2D eigenvalue weighted by Crippen LogP contribution is 2.07. The molecule has 0 unspecified atom stereocenters. The lowest BCUT2D eigenvalue weighted by Crippen LogP contribution is -2.34. The Balaban J connectivity index is 2.15. The first-order valence-corrected chi connectivity index (χ1v) is 5.84. The highest BCUT2D eigenvalue weighted by Gasteiger charge is 2.12. The van der Waals surface area contributed by atoms with Crippen LogP contribution in [0.4, 0.5) is 0 Å². The van der Waals surface area contributed by atoms with Crippen molar-refractivity contribution in [1.29, 1.82) is 5.26 Å². The van der Waals surface area contributed by atoms with Crippen molar-refractivity contribution in [2.75, 3.05) is 0 Å². The standard InChI is InChI=1S/C13H14N4O/c1-2-11(3-5-14)16-13(18)10-4-6-17-9-15-8-12(17)7-10/h4,6-9,11H,2-3H2,1H3,(H,16,18)/t11-/m0/s1. The van der Waals surface area contributed by atoms with Gasteiger partial charge in [0.25, 0.3) is 5.91 Å². The minimum absolute atomic E-state index is 0.0939. The lowest BCUT2D eigenvalue weighted by Gasteiger charge is -2.13. The topological polar surface area (TPSA) is 70.2 Å². The number of pyridine rings is 1. The third-order valence-corrected chi connectivity index (χ3v) is 2.84. The number of carbonyl (C=O) groups is 1. The molecule has 2 heterocycles. The maximum atomic E-state index is 12.0. The van der Waals surface area contributed by atoms with Crippen LogP contribution < -0.4 is 5.32 Å². The van der Waals surface area contributed by atoms with E-state index in [4.69, 9.17) is 5.26 Å². The first-order valence-electron chi connectivity index (χ1n) is 5.84. The molecule has 2 aromatic heterocycles. The molecule has 0 aromatic carbocycles. The second kappa shape index (κ2) is 5.32. The van der Waals surface area contributed by atoms with Crippen LogP contribution >= 0.6 is 0 Å². The third kappa shape index (κ3) is 2.48. The third-order valence-electron chi connectivity index (χ3n) is 2.84. The van der Waals surface area contributed by atoms with Crippen LogP contribution in [0, 0.1) is 11.3 Å². The summed E-state index contributed by atoms with van der Waals surface area (Å²) in [6.07, 6.45) is 6.25. The van der Waals surface area contributed by atoms with E-state index in [1.165, 1.54) is 0 Å². The fraction of sp³-hybridized carbons (Fsp3) is 0.308. The first kappa shape index (κ1) is 12.1. The molecule has 92 valence electrons. The minimum atomic E-state index is -0.152. The molecule has 2 aromatic rings. The second-order valence-corrected chi connectivity index (χ2v) is 4.08. The van der Waals surface area contributed by atoms with Crippen LogP contribution in [-0.4, -0.2) is 21.3 Å². The number of rotatable bonds is 4. The van der Waals surface area contributed by atoms with Gasteiger partial charge in [0.1, 0.15) is 0 Å². The molecular formula is C13H14N4O. The summed E-state index contributed by atoms with van der Waals surface area (Å²) in [5, 5.41) is 11.5. The molecule has 2 rings (SSSR count). The number of hydrogen-bond acceptors (Lipinski definition) is 3. The van der Waals surface area contributed by atoms with Crippen molar-refractivity contribution >= 4 is 11.4 Å². The Morgan fingerprint density at radius 2 is 2.50 bits per heavy atom. The molecule has 5 heteroatoms. The zero-order chi connectivity index (χ0) is 13.0. The molecule has 0 bridgehead atoms. The number of fused-ring (bicyclic) bond motifs is 1. The van der Waals surface area contributed by atoms with Crippen LogP contribution in [0.25, 0.3) is 5.52 Å². The second-order valence-electron chi connectivity index (χ2n) is 4.08. The molecule has 0 spiro atoms. The van der Waals surface area contributed by atoms with Gasteiger partial charge in [-0.3, -0.25) is 4.79 Å². The van der Waals surface area contributed by atoms with E-state index >= 15 is 0 Å². The van der Waals surface area contributed by atoms with Crippen molar-refractivity contribution in [1.82, 2.24) is 14.7 Å². The van der Waals surface area contributed by atoms with E-state index in [1.54, 1.807) is 30.9 Å². The van der Waals surface area contributed by atoms with Gasteiger partial charge in [-0.05, 0) is 18.6 Å². The highest BCUT2D eigenvalue weighted by atomic mass is 16.1. The molecule has 0 saturated carbocycles. The van der Waals surface area contributed by atoms with Crippen LogP contribution in [0.3, 0.4) is 0 Å². The van der Waals surface area contributed by atoms with Gasteiger partial charge in [0.05, 0.1) is 30.5 Å². The van der Waals surface area contributed by atoms with Crippen LogP contribution in [0.5, 0.6) is 0 Å². The van der Waals surface area contributed by atoms with Gasteiger partial charge in [-0.15, -0.1) is 0 Å². The van der Waals surface area contributed by atoms with Crippen LogP contribution in [-0.2, 0) is 0 Å². The van der Waals surface area contributed by atoms with E-state index in [0.29, 0.717) is 12.0 Å². The highest BCUT2D eigenvalue weighted by molar-refractivity contribution is 5.95. The Morgan fingerprint density at radius 1 is 1.67 bits per heavy atom. The van der Waals surface area contributed by atoms with Gasteiger partial charge in [0, 0.05) is 17.8 Å². The largest absolute Gasteiger partial charge is 0.348 e. The molecule has 0 aliphatic heterocycles. The normalized spacial score (nSPS) is 12.0. The molecule has 0 saturated heterocycles. The molecule has 0 fully saturated rings. The summed E-state index contributed by atoms with van der Waals surface area (Å²) in [6, 6.07) is 5.50. The Hall–Kier alpha value is -2.35. The average molecular weight is 242 g/mol. The van der Waals surface area contributed by atoms with Gasteiger partial charge in [-0.2, -0.15) is 5.26 Å². The predicted molar refractivity (Wildman–Crippen MR) is 67.0 cm³/mol. The van der Waals surface area contributed by atoms with E-state index in [1.807, 2.05) is 11.3 Å². The first-order chi connectivity index (χ1) is 8.74. The number of carbonyl (C=O) groups excluding carboxylic acids is 1. The summed E-state index contributed by atoms with van der Waals surface area (Å²) in [4.78, 5) is 16.0. The van der Waals surface area contributed by atoms with Crippen LogP contribution in [0.15, 0.2) is 30.9 Å². The smallest absolute Gasteiger partial charge is 0.251 e. The summed E-state index contributed by atoms with van der Waals surface area (Å²) >= 11 is 0. The van der Waals surface area contributed by atoms with E-state index in [0.717, 1.165) is 11.9 Å². The molecule has 18 heavy (non-hydrogen) atoms. The van der Waals surface area contributed by atoms with E-state index < -0.39 is 0 Å². The number of amides is 1. The Labute approximate surface area is 105 Å². The molecule has 5 nitrogen and oxygen atoms in total. The monoisotopic (exact) mass is 242 g/mol. The van der Waals surface area contributed by atoms with Gasteiger partial charge >= 0.3 is 0 Å². The Morgan fingerprint density at radius 3 is 3.22 bits per heavy atom. The average Bonchev–Trinajstić information content (AvgIpc) is 2.85. The number of nitrogens with zero attached hydrogens (tertiary/aromatic N) is 3. The Kier molecular flexibility index (Phi) is 3.58. The molecule has 1 N–H and O–H groups in total. The van der Waals surface area contributed by atoms with E-state index in [-0.39, 0.29) is 11.9 Å². The fourth-order valence-electron chi connectivity index (χ4n) is 1.74. The quantitative estimate of drug-likeness (QED) is 0.888. The van der Waals surface area contributed by atoms with Gasteiger partial charge in [0.2, 0.25) is 0 Å². The molecule has 1 atom stereocenters. The SMILES string of the molecule is CC[C@@H](CC#N)NC(=O)c1ccn2cncc2c1. The predicted octanol–water partition coefficient (Wildman–Crippen LogP) is 1.76. The van der Waals surface area contributed by atoms with Crippen molar-refractivity contribution in [3.63, 3.8) is 0 Å². The van der Waals surface area contributed by atoms with Crippen molar-refractivity contribution in [3.05, 3.63) is 36.4 Å². The number of aromatic nitrogens is 2. The summed E-state index contributed by atoms with van der Waals surface area (Å²) in [6.45, 7) is 1.95. The van der Waals surface area contributed by atoms with Crippen molar-refractivity contribution in [2.45, 2.75) is 25.8 Å². The number of imidazole rings is 1. The summed E-state index contributed by atoms with van der Waals surface area (Å²) in [7, 11) is 0. The molecule has 0 aliphatic carbocycles. The molecule has 1 amide bonds. The fourth-order valence-corrected chi connectivity index (χ4v) is 1.74. The molecule has 0 aliphatic rings. The van der Waals surface area contributed by atoms with E-state index in [9.17, 15) is 4.79 Å². The van der Waals surface area contributed by atoms with Crippen LogP contribution in [0.2, 0.25) is 0 Å². The summed E-state index contributed by atoms with van der Waals surface area (Å²) < 4.78 is 1.84. The lowest BCUT2D eigenvalue weighted by atomic mass is 10.1. The van der Waals surface area contributed by atoms with E-state index in [2.05, 4.69) is 16.4 Å². The summed E-state index contributed by atoms with van der Waals surface area (Å²) in [5.41, 5.74) is 1.45. The summed E-state index contributed by atoms with van der Waals surface area (Å²) in [5.74, 6) is -0.152.